The van der Waals surface area contributed by atoms with Crippen LogP contribution in [0.3, 0.4) is 0 Å². The highest BCUT2D eigenvalue weighted by Crippen LogP contribution is 2.23. The molecule has 0 aromatic carbocycles. The van der Waals surface area contributed by atoms with E-state index in [2.05, 4.69) is 12.6 Å². The summed E-state index contributed by atoms with van der Waals surface area (Å²) in [7, 11) is 0. The van der Waals surface area contributed by atoms with Gasteiger partial charge < -0.3 is 0 Å². The maximum absolute atomic E-state index is 12.0. The number of hydrogen-bond donors (Lipinski definition) is 1. The third-order valence-corrected chi connectivity index (χ3v) is 1.44. The fourth-order valence-corrected chi connectivity index (χ4v) is 0.334. The molecule has 0 aromatic rings. The van der Waals surface area contributed by atoms with Crippen molar-refractivity contribution in [1.82, 2.24) is 5.73 Å². The Hall–Kier alpha value is -0.390. The average Bonchev–Trinajstić information content (AvgIpc) is 1.86. The highest BCUT2D eigenvalue weighted by molar-refractivity contribution is 7.81. The van der Waals surface area contributed by atoms with E-state index in [9.17, 15) is 18.0 Å². The minimum absolute atomic E-state index is 1.58. The molecule has 2 nitrogen and oxygen atoms in total. The SMILES string of the molecule is [NH]C(=O)C(S)C(F)(F)CF. The van der Waals surface area contributed by atoms with Gasteiger partial charge in [-0.05, 0) is 0 Å². The summed E-state index contributed by atoms with van der Waals surface area (Å²) < 4.78 is 35.4. The topological polar surface area (TPSA) is 40.9 Å². The summed E-state index contributed by atoms with van der Waals surface area (Å²) in [6, 6.07) is 0. The Morgan fingerprint density at radius 3 is 2.20 bits per heavy atom. The maximum Gasteiger partial charge on any atom is 0.296 e. The van der Waals surface area contributed by atoms with Gasteiger partial charge in [-0.25, -0.2) is 13.2 Å². The molecule has 0 aliphatic rings. The molecule has 0 aliphatic heterocycles. The fraction of sp³-hybridized carbons (Fsp3) is 0.750. The molecule has 1 N–H and O–H groups in total. The summed E-state index contributed by atoms with van der Waals surface area (Å²) in [5, 5.41) is -2.16. The number of alkyl halides is 3. The molecule has 0 aliphatic carbocycles. The van der Waals surface area contributed by atoms with E-state index in [1.54, 1.807) is 0 Å². The molecule has 0 aromatic heterocycles. The molecule has 1 amide bonds. The molecule has 0 saturated heterocycles. The number of rotatable bonds is 3. The van der Waals surface area contributed by atoms with E-state index in [1.165, 1.54) is 0 Å². The number of thiol groups is 1. The van der Waals surface area contributed by atoms with Gasteiger partial charge in [0.1, 0.15) is 5.25 Å². The standard InChI is InChI=1S/C4H5F3NOS/c5-1-4(6,7)2(10)3(8)9/h2,8,10H,1H2. The Morgan fingerprint density at radius 2 is 2.10 bits per heavy atom. The lowest BCUT2D eigenvalue weighted by molar-refractivity contribution is -0.125. The predicted octanol–water partition coefficient (Wildman–Crippen LogP) is 0.699. The summed E-state index contributed by atoms with van der Waals surface area (Å²) in [6.45, 7) is -1.97. The Kier molecular flexibility index (Phi) is 3.01. The molecule has 0 bridgehead atoms. The zero-order valence-electron chi connectivity index (χ0n) is 4.77. The van der Waals surface area contributed by atoms with Crippen molar-refractivity contribution < 1.29 is 18.0 Å². The van der Waals surface area contributed by atoms with E-state index in [0.29, 0.717) is 0 Å². The molecule has 1 unspecified atom stereocenters. The molecule has 1 atom stereocenters. The molecular weight excluding hydrogens is 167 g/mol. The molecule has 0 fully saturated rings. The Morgan fingerprint density at radius 1 is 1.70 bits per heavy atom. The smallest absolute Gasteiger partial charge is 0.272 e. The van der Waals surface area contributed by atoms with E-state index in [4.69, 9.17) is 5.73 Å². The quantitative estimate of drug-likeness (QED) is 0.625. The molecule has 0 rings (SSSR count). The largest absolute Gasteiger partial charge is 0.296 e. The zero-order valence-corrected chi connectivity index (χ0v) is 5.67. The first kappa shape index (κ1) is 9.61. The van der Waals surface area contributed by atoms with Crippen LogP contribution in [0, 0.1) is 0 Å². The highest BCUT2D eigenvalue weighted by Gasteiger charge is 2.41. The van der Waals surface area contributed by atoms with Gasteiger partial charge in [0.2, 0.25) is 0 Å². The first-order valence-electron chi connectivity index (χ1n) is 2.29. The first-order chi connectivity index (χ1) is 4.41. The Balaban J connectivity index is 4.17. The number of amides is 1. The second kappa shape index (κ2) is 3.14. The van der Waals surface area contributed by atoms with Gasteiger partial charge in [0, 0.05) is 0 Å². The Labute approximate surface area is 61.0 Å². The van der Waals surface area contributed by atoms with E-state index >= 15 is 0 Å². The van der Waals surface area contributed by atoms with E-state index < -0.39 is 23.8 Å². The van der Waals surface area contributed by atoms with Crippen molar-refractivity contribution in [1.29, 1.82) is 0 Å². The van der Waals surface area contributed by atoms with Crippen molar-refractivity contribution in [2.24, 2.45) is 0 Å². The average molecular weight is 172 g/mol. The van der Waals surface area contributed by atoms with Crippen LogP contribution < -0.4 is 5.73 Å². The van der Waals surface area contributed by atoms with Crippen LogP contribution in [-0.2, 0) is 4.79 Å². The molecule has 0 spiro atoms. The van der Waals surface area contributed by atoms with Crippen LogP contribution in [0.5, 0.6) is 0 Å². The highest BCUT2D eigenvalue weighted by atomic mass is 32.1. The zero-order chi connectivity index (χ0) is 8.36. The lowest BCUT2D eigenvalue weighted by Crippen LogP contribution is -2.38. The van der Waals surface area contributed by atoms with Crippen molar-refractivity contribution in [3.63, 3.8) is 0 Å². The van der Waals surface area contributed by atoms with Crippen LogP contribution in [0.15, 0.2) is 0 Å². The van der Waals surface area contributed by atoms with E-state index in [0.717, 1.165) is 0 Å². The second-order valence-corrected chi connectivity index (χ2v) is 2.18. The normalized spacial score (nSPS) is 14.8. The molecule has 1 radical (unpaired) electrons. The molecule has 10 heavy (non-hydrogen) atoms. The first-order valence-corrected chi connectivity index (χ1v) is 2.80. The Bertz CT molecular complexity index is 140. The fourth-order valence-electron chi connectivity index (χ4n) is 0.265. The predicted molar refractivity (Wildman–Crippen MR) is 31.8 cm³/mol. The monoisotopic (exact) mass is 172 g/mol. The number of hydrogen-bond acceptors (Lipinski definition) is 2. The van der Waals surface area contributed by atoms with Gasteiger partial charge in [0.15, 0.2) is 6.67 Å². The van der Waals surface area contributed by atoms with E-state index in [1.807, 2.05) is 0 Å². The molecule has 59 valence electrons. The van der Waals surface area contributed by atoms with Crippen LogP contribution in [0.4, 0.5) is 13.2 Å². The summed E-state index contributed by atoms with van der Waals surface area (Å²) in [5.41, 5.74) is 6.18. The maximum atomic E-state index is 12.0. The minimum atomic E-state index is -3.82. The third-order valence-electron chi connectivity index (χ3n) is 0.827. The van der Waals surface area contributed by atoms with Crippen molar-refractivity contribution in [3.05, 3.63) is 0 Å². The van der Waals surface area contributed by atoms with Crippen molar-refractivity contribution in [2.45, 2.75) is 11.2 Å². The summed E-state index contributed by atoms with van der Waals surface area (Å²) in [4.78, 5) is 9.89. The van der Waals surface area contributed by atoms with Crippen LogP contribution in [0.25, 0.3) is 0 Å². The number of nitrogens with one attached hydrogen (secondary N) is 1. The van der Waals surface area contributed by atoms with Crippen LogP contribution in [-0.4, -0.2) is 23.8 Å². The van der Waals surface area contributed by atoms with Gasteiger partial charge in [-0.15, -0.1) is 0 Å². The minimum Gasteiger partial charge on any atom is -0.272 e. The van der Waals surface area contributed by atoms with Gasteiger partial charge in [0.05, 0.1) is 0 Å². The van der Waals surface area contributed by atoms with Gasteiger partial charge in [0.25, 0.3) is 11.8 Å². The molecule has 6 heteroatoms. The lowest BCUT2D eigenvalue weighted by Gasteiger charge is -2.15. The van der Waals surface area contributed by atoms with E-state index in [-0.39, 0.29) is 0 Å². The summed E-state index contributed by atoms with van der Waals surface area (Å²) in [6.07, 6.45) is 0. The number of halogens is 3. The number of carbonyl (C=O) groups excluding carboxylic acids is 1. The van der Waals surface area contributed by atoms with Crippen molar-refractivity contribution in [3.8, 4) is 0 Å². The van der Waals surface area contributed by atoms with Crippen LogP contribution in [0.1, 0.15) is 0 Å². The van der Waals surface area contributed by atoms with Crippen molar-refractivity contribution in [2.75, 3.05) is 6.67 Å². The third kappa shape index (κ3) is 2.09. The second-order valence-electron chi connectivity index (χ2n) is 1.66. The summed E-state index contributed by atoms with van der Waals surface area (Å²) in [5.74, 6) is -5.40. The lowest BCUT2D eigenvalue weighted by atomic mass is 10.2. The van der Waals surface area contributed by atoms with Crippen LogP contribution >= 0.6 is 12.6 Å². The van der Waals surface area contributed by atoms with Crippen LogP contribution in [0.2, 0.25) is 0 Å². The molecule has 0 heterocycles. The summed E-state index contributed by atoms with van der Waals surface area (Å²) >= 11 is 3.06. The molecular formula is C4H5F3NOS. The van der Waals surface area contributed by atoms with Gasteiger partial charge in [-0.1, -0.05) is 0 Å². The van der Waals surface area contributed by atoms with Gasteiger partial charge in [-0.2, -0.15) is 12.6 Å². The number of carbonyl (C=O) groups is 1. The van der Waals surface area contributed by atoms with Crippen molar-refractivity contribution >= 4 is 18.5 Å². The van der Waals surface area contributed by atoms with Gasteiger partial charge >= 0.3 is 0 Å². The molecule has 0 saturated carbocycles. The van der Waals surface area contributed by atoms with Gasteiger partial charge in [-0.3, -0.25) is 10.5 Å².